The summed E-state index contributed by atoms with van der Waals surface area (Å²) in [5.41, 5.74) is 0.744. The van der Waals surface area contributed by atoms with E-state index >= 15 is 0 Å². The number of fused-ring (bicyclic) bond motifs is 1. The minimum absolute atomic E-state index is 0.0811. The highest BCUT2D eigenvalue weighted by atomic mass is 16.7. The Balaban J connectivity index is 1.54. The molecule has 0 spiro atoms. The van der Waals surface area contributed by atoms with Crippen LogP contribution in [0.1, 0.15) is 32.3 Å². The molecule has 1 fully saturated rings. The Bertz CT molecular complexity index is 766. The maximum Gasteiger partial charge on any atom is 0.325 e. The van der Waals surface area contributed by atoms with E-state index in [1.165, 1.54) is 0 Å². The monoisotopic (exact) mass is 391 g/mol. The number of hydrogen-bond donors (Lipinski definition) is 3. The number of imide groups is 1. The third-order valence-electron chi connectivity index (χ3n) is 4.89. The average molecular weight is 391 g/mol. The zero-order valence-corrected chi connectivity index (χ0v) is 15.9. The van der Waals surface area contributed by atoms with Gasteiger partial charge >= 0.3 is 6.03 Å². The van der Waals surface area contributed by atoms with Gasteiger partial charge in [0.1, 0.15) is 6.04 Å². The van der Waals surface area contributed by atoms with Crippen molar-refractivity contribution in [3.8, 4) is 11.5 Å². The molecule has 0 bridgehead atoms. The maximum atomic E-state index is 12.6. The van der Waals surface area contributed by atoms with Gasteiger partial charge in [0, 0.05) is 6.42 Å². The predicted molar refractivity (Wildman–Crippen MR) is 98.5 cm³/mol. The molecule has 2 heterocycles. The number of ether oxygens (including phenoxy) is 2. The Labute approximate surface area is 163 Å². The van der Waals surface area contributed by atoms with Crippen LogP contribution in [0.5, 0.6) is 11.5 Å². The van der Waals surface area contributed by atoms with Crippen LogP contribution in [0.3, 0.4) is 0 Å². The molecule has 2 aliphatic heterocycles. The smallest absolute Gasteiger partial charge is 0.325 e. The number of aliphatic hydroxyl groups excluding tert-OH is 1. The molecule has 0 radical (unpaired) electrons. The van der Waals surface area contributed by atoms with Crippen LogP contribution < -0.4 is 20.1 Å². The molecule has 4 amide bonds. The number of carbonyl (C=O) groups excluding carboxylic acids is 3. The maximum absolute atomic E-state index is 12.6. The van der Waals surface area contributed by atoms with Crippen LogP contribution in [0.25, 0.3) is 0 Å². The second-order valence-electron chi connectivity index (χ2n) is 7.25. The summed E-state index contributed by atoms with van der Waals surface area (Å²) in [6.07, 6.45) is 0.280. The zero-order chi connectivity index (χ0) is 20.3. The van der Waals surface area contributed by atoms with Crippen molar-refractivity contribution in [3.63, 3.8) is 0 Å². The van der Waals surface area contributed by atoms with E-state index < -0.39 is 12.1 Å². The van der Waals surface area contributed by atoms with Crippen LogP contribution in [-0.4, -0.2) is 53.3 Å². The molecule has 3 N–H and O–H groups in total. The highest BCUT2D eigenvalue weighted by Crippen LogP contribution is 2.33. The van der Waals surface area contributed by atoms with E-state index in [2.05, 4.69) is 10.6 Å². The highest BCUT2D eigenvalue weighted by molar-refractivity contribution is 6.04. The fraction of sp³-hybridized carbons (Fsp3) is 0.526. The lowest BCUT2D eigenvalue weighted by atomic mass is 10.0. The molecule has 2 atom stereocenters. The Hall–Kier alpha value is -2.81. The van der Waals surface area contributed by atoms with Gasteiger partial charge in [-0.2, -0.15) is 0 Å². The second-order valence-corrected chi connectivity index (χ2v) is 7.25. The number of urea groups is 1. The number of amides is 4. The van der Waals surface area contributed by atoms with E-state index in [-0.39, 0.29) is 56.6 Å². The Morgan fingerprint density at radius 2 is 2.07 bits per heavy atom. The average Bonchev–Trinajstić information content (AvgIpc) is 3.23. The van der Waals surface area contributed by atoms with E-state index in [0.717, 1.165) is 10.5 Å². The molecule has 28 heavy (non-hydrogen) atoms. The summed E-state index contributed by atoms with van der Waals surface area (Å²) in [6, 6.07) is 3.70. The fourth-order valence-corrected chi connectivity index (χ4v) is 3.12. The standard InChI is InChI=1S/C19H25N3O6/c1-11(2)14(9-23)20-17(24)6-4-13-18(25)22(19(26)21-13)8-12-3-5-15-16(7-12)28-10-27-15/h3,5,7,11,13-14,23H,4,6,8-10H2,1-2H3,(H,20,24)(H,21,26). The van der Waals surface area contributed by atoms with Crippen LogP contribution in [-0.2, 0) is 16.1 Å². The second kappa shape index (κ2) is 8.47. The van der Waals surface area contributed by atoms with Crippen molar-refractivity contribution in [2.75, 3.05) is 13.4 Å². The van der Waals surface area contributed by atoms with Crippen molar-refractivity contribution in [2.45, 2.75) is 45.3 Å². The lowest BCUT2D eigenvalue weighted by Crippen LogP contribution is -2.42. The summed E-state index contributed by atoms with van der Waals surface area (Å²) in [7, 11) is 0. The molecule has 152 valence electrons. The highest BCUT2D eigenvalue weighted by Gasteiger charge is 2.38. The molecule has 2 aliphatic rings. The largest absolute Gasteiger partial charge is 0.454 e. The van der Waals surface area contributed by atoms with Crippen LogP contribution in [0.2, 0.25) is 0 Å². The number of hydrogen-bond acceptors (Lipinski definition) is 6. The van der Waals surface area contributed by atoms with Gasteiger partial charge in [-0.05, 0) is 30.0 Å². The molecule has 0 saturated carbocycles. The van der Waals surface area contributed by atoms with E-state index in [1.807, 2.05) is 13.8 Å². The minimum atomic E-state index is -0.737. The molecule has 1 saturated heterocycles. The normalized spacial score (nSPS) is 19.1. The third-order valence-corrected chi connectivity index (χ3v) is 4.89. The summed E-state index contributed by atoms with van der Waals surface area (Å²) in [5.74, 6) is 0.690. The summed E-state index contributed by atoms with van der Waals surface area (Å²) in [4.78, 5) is 38.0. The quantitative estimate of drug-likeness (QED) is 0.563. The van der Waals surface area contributed by atoms with Gasteiger partial charge in [-0.15, -0.1) is 0 Å². The van der Waals surface area contributed by atoms with Crippen molar-refractivity contribution in [1.82, 2.24) is 15.5 Å². The van der Waals surface area contributed by atoms with Gasteiger partial charge in [0.2, 0.25) is 12.7 Å². The van der Waals surface area contributed by atoms with Crippen molar-refractivity contribution >= 4 is 17.8 Å². The number of nitrogens with zero attached hydrogens (tertiary/aromatic N) is 1. The van der Waals surface area contributed by atoms with Gasteiger partial charge in [-0.1, -0.05) is 19.9 Å². The van der Waals surface area contributed by atoms with Crippen LogP contribution in [0.15, 0.2) is 18.2 Å². The Kier molecular flexibility index (Phi) is 6.03. The number of benzene rings is 1. The van der Waals surface area contributed by atoms with Gasteiger partial charge in [0.05, 0.1) is 19.2 Å². The lowest BCUT2D eigenvalue weighted by molar-refractivity contribution is -0.128. The molecule has 1 aromatic rings. The molecule has 0 aromatic heterocycles. The Morgan fingerprint density at radius 1 is 1.32 bits per heavy atom. The lowest BCUT2D eigenvalue weighted by Gasteiger charge is -2.20. The first-order chi connectivity index (χ1) is 13.4. The van der Waals surface area contributed by atoms with Crippen molar-refractivity contribution < 1.29 is 29.0 Å². The number of carbonyl (C=O) groups is 3. The third kappa shape index (κ3) is 4.36. The first-order valence-corrected chi connectivity index (χ1v) is 9.29. The van der Waals surface area contributed by atoms with Gasteiger partial charge in [-0.25, -0.2) is 4.79 Å². The van der Waals surface area contributed by atoms with E-state index in [1.54, 1.807) is 18.2 Å². The number of rotatable bonds is 8. The summed E-state index contributed by atoms with van der Waals surface area (Å²) in [5, 5.41) is 14.6. The zero-order valence-electron chi connectivity index (χ0n) is 15.9. The topological polar surface area (TPSA) is 117 Å². The first kappa shape index (κ1) is 19.9. The molecular weight excluding hydrogens is 366 g/mol. The summed E-state index contributed by atoms with van der Waals surface area (Å²) in [6.45, 7) is 3.92. The predicted octanol–water partition coefficient (Wildman–Crippen LogP) is 0.749. The van der Waals surface area contributed by atoms with E-state index in [0.29, 0.717) is 11.5 Å². The van der Waals surface area contributed by atoms with E-state index in [9.17, 15) is 19.5 Å². The molecule has 2 unspecified atom stereocenters. The molecule has 1 aromatic carbocycles. The molecule has 9 nitrogen and oxygen atoms in total. The molecule has 0 aliphatic carbocycles. The van der Waals surface area contributed by atoms with E-state index in [4.69, 9.17) is 9.47 Å². The fourth-order valence-electron chi connectivity index (χ4n) is 3.12. The van der Waals surface area contributed by atoms with Crippen molar-refractivity contribution in [2.24, 2.45) is 5.92 Å². The molecular formula is C19H25N3O6. The first-order valence-electron chi connectivity index (χ1n) is 9.29. The van der Waals surface area contributed by atoms with Crippen molar-refractivity contribution in [3.05, 3.63) is 23.8 Å². The SMILES string of the molecule is CC(C)C(CO)NC(=O)CCC1NC(=O)N(Cc2ccc3c(c2)OCO3)C1=O. The molecule has 9 heteroatoms. The van der Waals surface area contributed by atoms with Gasteiger partial charge in [-0.3, -0.25) is 14.5 Å². The molecule has 3 rings (SSSR count). The summed E-state index contributed by atoms with van der Waals surface area (Å²) < 4.78 is 10.6. The van der Waals surface area contributed by atoms with Crippen molar-refractivity contribution in [1.29, 1.82) is 0 Å². The van der Waals surface area contributed by atoms with Crippen LogP contribution in [0, 0.1) is 5.92 Å². The van der Waals surface area contributed by atoms with Gasteiger partial charge in [0.15, 0.2) is 11.5 Å². The van der Waals surface area contributed by atoms with Gasteiger partial charge in [0.25, 0.3) is 5.91 Å². The summed E-state index contributed by atoms with van der Waals surface area (Å²) >= 11 is 0. The minimum Gasteiger partial charge on any atom is -0.454 e. The van der Waals surface area contributed by atoms with Gasteiger partial charge < -0.3 is 25.2 Å². The van der Waals surface area contributed by atoms with Crippen LogP contribution >= 0.6 is 0 Å². The van der Waals surface area contributed by atoms with Crippen LogP contribution in [0.4, 0.5) is 4.79 Å². The Morgan fingerprint density at radius 3 is 2.79 bits per heavy atom. The number of nitrogens with one attached hydrogen (secondary N) is 2. The number of aliphatic hydroxyl groups is 1.